The Kier molecular flexibility index (Phi) is 5.45. The molecular weight excluding hydrogens is 278 g/mol. The van der Waals surface area contributed by atoms with Gasteiger partial charge in [0.1, 0.15) is 0 Å². The van der Waals surface area contributed by atoms with Crippen LogP contribution in [0.3, 0.4) is 0 Å². The highest BCUT2D eigenvalue weighted by molar-refractivity contribution is 8.00. The number of nitrogens with zero attached hydrogens (tertiary/aromatic N) is 1. The largest absolute Gasteiger partial charge is 0.312 e. The van der Waals surface area contributed by atoms with Crippen molar-refractivity contribution in [1.82, 2.24) is 0 Å². The Morgan fingerprint density at radius 2 is 1.81 bits per heavy atom. The van der Waals surface area contributed by atoms with Gasteiger partial charge in [-0.15, -0.1) is 11.8 Å². The molecule has 0 spiro atoms. The van der Waals surface area contributed by atoms with E-state index in [1.54, 1.807) is 11.8 Å². The van der Waals surface area contributed by atoms with Gasteiger partial charge in [0.15, 0.2) is 0 Å². The molecule has 0 aliphatic heterocycles. The normalized spacial score (nSPS) is 10.4. The third kappa shape index (κ3) is 4.11. The van der Waals surface area contributed by atoms with Crippen LogP contribution < -0.4 is 4.90 Å². The molecule has 0 aromatic heterocycles. The van der Waals surface area contributed by atoms with Crippen LogP contribution in [0, 0.1) is 13.8 Å². The number of anilines is 1. The molecule has 2 aromatic carbocycles. The van der Waals surface area contributed by atoms with Gasteiger partial charge < -0.3 is 4.90 Å². The molecule has 2 aromatic rings. The first-order chi connectivity index (χ1) is 10.1. The number of hydrogen-bond acceptors (Lipinski definition) is 2. The van der Waals surface area contributed by atoms with Crippen molar-refractivity contribution >= 4 is 23.4 Å². The van der Waals surface area contributed by atoms with E-state index in [2.05, 4.69) is 32.0 Å². The predicted octanol–water partition coefficient (Wildman–Crippen LogP) is 4.45. The smallest absolute Gasteiger partial charge is 0.237 e. The van der Waals surface area contributed by atoms with Crippen molar-refractivity contribution in [2.45, 2.75) is 25.7 Å². The minimum Gasteiger partial charge on any atom is -0.312 e. The second kappa shape index (κ2) is 7.32. The molecule has 0 atom stereocenters. The van der Waals surface area contributed by atoms with Crippen LogP contribution in [0.25, 0.3) is 0 Å². The lowest BCUT2D eigenvalue weighted by Crippen LogP contribution is -2.32. The Balaban J connectivity index is 2.10. The summed E-state index contributed by atoms with van der Waals surface area (Å²) in [5, 5.41) is 0. The Morgan fingerprint density at radius 3 is 2.48 bits per heavy atom. The average molecular weight is 299 g/mol. The Hall–Kier alpha value is -1.74. The molecule has 0 aliphatic rings. The molecule has 0 N–H and O–H groups in total. The van der Waals surface area contributed by atoms with Crippen LogP contribution in [-0.2, 0) is 4.79 Å². The summed E-state index contributed by atoms with van der Waals surface area (Å²) in [5.41, 5.74) is 3.34. The second-order valence-electron chi connectivity index (χ2n) is 5.03. The Bertz CT molecular complexity index is 610. The molecule has 110 valence electrons. The minimum atomic E-state index is 0.153. The van der Waals surface area contributed by atoms with Gasteiger partial charge in [0, 0.05) is 17.1 Å². The highest BCUT2D eigenvalue weighted by Crippen LogP contribution is 2.24. The monoisotopic (exact) mass is 299 g/mol. The van der Waals surface area contributed by atoms with Crippen LogP contribution >= 0.6 is 11.8 Å². The number of aryl methyl sites for hydroxylation is 2. The van der Waals surface area contributed by atoms with Crippen LogP contribution in [-0.4, -0.2) is 18.2 Å². The van der Waals surface area contributed by atoms with E-state index in [4.69, 9.17) is 0 Å². The number of benzene rings is 2. The first-order valence-corrected chi connectivity index (χ1v) is 8.16. The quantitative estimate of drug-likeness (QED) is 0.760. The molecule has 2 nitrogen and oxygen atoms in total. The maximum atomic E-state index is 12.5. The molecule has 0 bridgehead atoms. The summed E-state index contributed by atoms with van der Waals surface area (Å²) in [4.78, 5) is 15.5. The van der Waals surface area contributed by atoms with Gasteiger partial charge in [-0.2, -0.15) is 0 Å². The Morgan fingerprint density at radius 1 is 1.10 bits per heavy atom. The summed E-state index contributed by atoms with van der Waals surface area (Å²) in [5.74, 6) is 0.616. The van der Waals surface area contributed by atoms with Crippen molar-refractivity contribution < 1.29 is 4.79 Å². The highest BCUT2D eigenvalue weighted by atomic mass is 32.2. The average Bonchev–Trinajstić information content (AvgIpc) is 2.50. The maximum Gasteiger partial charge on any atom is 0.237 e. The van der Waals surface area contributed by atoms with Gasteiger partial charge in [0.05, 0.1) is 5.75 Å². The van der Waals surface area contributed by atoms with Crippen molar-refractivity contribution in [3.05, 3.63) is 59.7 Å². The zero-order valence-corrected chi connectivity index (χ0v) is 13.6. The zero-order valence-electron chi connectivity index (χ0n) is 12.8. The van der Waals surface area contributed by atoms with E-state index in [-0.39, 0.29) is 5.91 Å². The van der Waals surface area contributed by atoms with Gasteiger partial charge in [0.25, 0.3) is 0 Å². The summed E-state index contributed by atoms with van der Waals surface area (Å²) < 4.78 is 0. The fraction of sp³-hybridized carbons (Fsp3) is 0.278. The summed E-state index contributed by atoms with van der Waals surface area (Å²) >= 11 is 1.59. The molecule has 0 aliphatic carbocycles. The van der Waals surface area contributed by atoms with Crippen molar-refractivity contribution in [2.24, 2.45) is 0 Å². The molecule has 2 rings (SSSR count). The highest BCUT2D eigenvalue weighted by Gasteiger charge is 2.16. The van der Waals surface area contributed by atoms with E-state index in [1.807, 2.05) is 42.2 Å². The lowest BCUT2D eigenvalue weighted by Gasteiger charge is -2.23. The third-order valence-electron chi connectivity index (χ3n) is 3.38. The minimum absolute atomic E-state index is 0.153. The van der Waals surface area contributed by atoms with Gasteiger partial charge in [-0.1, -0.05) is 30.3 Å². The van der Waals surface area contributed by atoms with Crippen molar-refractivity contribution in [3.8, 4) is 0 Å². The topological polar surface area (TPSA) is 20.3 Å². The van der Waals surface area contributed by atoms with Crippen LogP contribution in [0.15, 0.2) is 53.4 Å². The predicted molar refractivity (Wildman–Crippen MR) is 91.1 cm³/mol. The van der Waals surface area contributed by atoms with Crippen LogP contribution in [0.5, 0.6) is 0 Å². The van der Waals surface area contributed by atoms with E-state index in [1.165, 1.54) is 5.56 Å². The van der Waals surface area contributed by atoms with Gasteiger partial charge in [-0.3, -0.25) is 4.79 Å². The van der Waals surface area contributed by atoms with E-state index in [0.29, 0.717) is 12.3 Å². The van der Waals surface area contributed by atoms with Crippen LogP contribution in [0.2, 0.25) is 0 Å². The summed E-state index contributed by atoms with van der Waals surface area (Å²) in [6.45, 7) is 6.82. The molecule has 0 saturated heterocycles. The van der Waals surface area contributed by atoms with Crippen molar-refractivity contribution in [1.29, 1.82) is 0 Å². The third-order valence-corrected chi connectivity index (χ3v) is 4.38. The number of rotatable bonds is 5. The standard InChI is InChI=1S/C18H21NOS/c1-4-19(17-12-14(2)10-11-15(17)3)18(20)13-21-16-8-6-5-7-9-16/h5-12H,4,13H2,1-3H3. The molecular formula is C18H21NOS. The SMILES string of the molecule is CCN(C(=O)CSc1ccccc1)c1cc(C)ccc1C. The van der Waals surface area contributed by atoms with Gasteiger partial charge in [-0.25, -0.2) is 0 Å². The van der Waals surface area contributed by atoms with Crippen LogP contribution in [0.4, 0.5) is 5.69 Å². The molecule has 1 amide bonds. The fourth-order valence-corrected chi connectivity index (χ4v) is 3.03. The number of hydrogen-bond donors (Lipinski definition) is 0. The lowest BCUT2D eigenvalue weighted by atomic mass is 10.1. The molecule has 3 heteroatoms. The first-order valence-electron chi connectivity index (χ1n) is 7.17. The van der Waals surface area contributed by atoms with Crippen LogP contribution in [0.1, 0.15) is 18.1 Å². The molecule has 21 heavy (non-hydrogen) atoms. The van der Waals surface area contributed by atoms with Crippen molar-refractivity contribution in [3.63, 3.8) is 0 Å². The molecule has 0 saturated carbocycles. The van der Waals surface area contributed by atoms with Crippen molar-refractivity contribution in [2.75, 3.05) is 17.2 Å². The second-order valence-corrected chi connectivity index (χ2v) is 6.08. The Labute approximate surface area is 131 Å². The molecule has 0 heterocycles. The van der Waals surface area contributed by atoms with Gasteiger partial charge in [0.2, 0.25) is 5.91 Å². The fourth-order valence-electron chi connectivity index (χ4n) is 2.23. The molecule has 0 fully saturated rings. The number of carbonyl (C=O) groups excluding carboxylic acids is 1. The maximum absolute atomic E-state index is 12.5. The van der Waals surface area contributed by atoms with E-state index < -0.39 is 0 Å². The molecule has 0 unspecified atom stereocenters. The van der Waals surface area contributed by atoms with E-state index >= 15 is 0 Å². The van der Waals surface area contributed by atoms with E-state index in [0.717, 1.165) is 16.1 Å². The summed E-state index contributed by atoms with van der Waals surface area (Å²) in [6.07, 6.45) is 0. The van der Waals surface area contributed by atoms with E-state index in [9.17, 15) is 4.79 Å². The molecule has 0 radical (unpaired) electrons. The first kappa shape index (κ1) is 15.6. The summed E-state index contributed by atoms with van der Waals surface area (Å²) in [6, 6.07) is 16.3. The number of amides is 1. The van der Waals surface area contributed by atoms with Gasteiger partial charge in [-0.05, 0) is 50.1 Å². The zero-order chi connectivity index (χ0) is 15.2. The lowest BCUT2D eigenvalue weighted by molar-refractivity contribution is -0.116. The number of carbonyl (C=O) groups is 1. The summed E-state index contributed by atoms with van der Waals surface area (Å²) in [7, 11) is 0. The number of thioether (sulfide) groups is 1. The van der Waals surface area contributed by atoms with Gasteiger partial charge >= 0.3 is 0 Å².